The standard InChI is InChI=1S/C18H19N3O/c1-13(22)15-8-5-9-16(12-15)21-18(20)11-10-17(19)14-6-3-2-4-7-14/h2-12,21H,19-20H2,1H3/b17-10-,18-11+. The van der Waals surface area contributed by atoms with E-state index in [4.69, 9.17) is 11.5 Å². The lowest BCUT2D eigenvalue weighted by atomic mass is 10.1. The Hall–Kier alpha value is -3.01. The van der Waals surface area contributed by atoms with E-state index in [0.29, 0.717) is 17.1 Å². The number of nitrogens with one attached hydrogen (secondary N) is 1. The largest absolute Gasteiger partial charge is 0.398 e. The number of Topliss-reactive ketones (excluding diaryl/α,β-unsaturated/α-hetero) is 1. The second-order valence-corrected chi connectivity index (χ2v) is 4.87. The van der Waals surface area contributed by atoms with Crippen LogP contribution in [-0.4, -0.2) is 5.78 Å². The maximum absolute atomic E-state index is 11.4. The van der Waals surface area contributed by atoms with E-state index in [9.17, 15) is 4.79 Å². The van der Waals surface area contributed by atoms with Crippen LogP contribution in [0.15, 0.2) is 72.6 Å². The monoisotopic (exact) mass is 293 g/mol. The van der Waals surface area contributed by atoms with Gasteiger partial charge in [-0.1, -0.05) is 42.5 Å². The third kappa shape index (κ3) is 4.24. The predicted molar refractivity (Wildman–Crippen MR) is 90.9 cm³/mol. The quantitative estimate of drug-likeness (QED) is 0.584. The molecule has 0 aliphatic carbocycles. The predicted octanol–water partition coefficient (Wildman–Crippen LogP) is 3.10. The highest BCUT2D eigenvalue weighted by atomic mass is 16.1. The summed E-state index contributed by atoms with van der Waals surface area (Å²) in [5.41, 5.74) is 14.9. The van der Waals surface area contributed by atoms with Crippen molar-refractivity contribution in [2.75, 3.05) is 5.32 Å². The molecule has 0 aliphatic rings. The van der Waals surface area contributed by atoms with Gasteiger partial charge in [0, 0.05) is 16.9 Å². The Labute approximate surface area is 130 Å². The van der Waals surface area contributed by atoms with Gasteiger partial charge in [-0.15, -0.1) is 0 Å². The normalized spacial score (nSPS) is 12.0. The molecule has 0 radical (unpaired) electrons. The Kier molecular flexibility index (Phi) is 4.98. The SMILES string of the molecule is CC(=O)c1cccc(N/C(N)=C/C=C(\N)c2ccccc2)c1. The summed E-state index contributed by atoms with van der Waals surface area (Å²) in [6, 6.07) is 16.8. The molecule has 0 aliphatic heterocycles. The zero-order chi connectivity index (χ0) is 15.9. The van der Waals surface area contributed by atoms with Crippen LogP contribution < -0.4 is 16.8 Å². The van der Waals surface area contributed by atoms with Gasteiger partial charge < -0.3 is 16.8 Å². The van der Waals surface area contributed by atoms with Gasteiger partial charge >= 0.3 is 0 Å². The smallest absolute Gasteiger partial charge is 0.159 e. The molecule has 22 heavy (non-hydrogen) atoms. The number of allylic oxidation sites excluding steroid dienone is 2. The molecular weight excluding hydrogens is 274 g/mol. The van der Waals surface area contributed by atoms with Gasteiger partial charge in [-0.2, -0.15) is 0 Å². The number of nitrogens with two attached hydrogens (primary N) is 2. The van der Waals surface area contributed by atoms with Crippen LogP contribution >= 0.6 is 0 Å². The fraction of sp³-hybridized carbons (Fsp3) is 0.0556. The van der Waals surface area contributed by atoms with E-state index < -0.39 is 0 Å². The summed E-state index contributed by atoms with van der Waals surface area (Å²) < 4.78 is 0. The van der Waals surface area contributed by atoms with Crippen molar-refractivity contribution in [2.24, 2.45) is 11.5 Å². The van der Waals surface area contributed by atoms with Crippen LogP contribution in [0.25, 0.3) is 5.70 Å². The van der Waals surface area contributed by atoms with Crippen molar-refractivity contribution in [1.29, 1.82) is 0 Å². The lowest BCUT2D eigenvalue weighted by Crippen LogP contribution is -2.09. The summed E-state index contributed by atoms with van der Waals surface area (Å²) >= 11 is 0. The van der Waals surface area contributed by atoms with Crippen molar-refractivity contribution in [3.8, 4) is 0 Å². The second-order valence-electron chi connectivity index (χ2n) is 4.87. The number of hydrogen-bond donors (Lipinski definition) is 3. The van der Waals surface area contributed by atoms with Crippen LogP contribution in [0.4, 0.5) is 5.69 Å². The van der Waals surface area contributed by atoms with E-state index in [-0.39, 0.29) is 5.78 Å². The van der Waals surface area contributed by atoms with Crippen LogP contribution in [0.1, 0.15) is 22.8 Å². The number of carbonyl (C=O) groups is 1. The molecule has 0 heterocycles. The van der Waals surface area contributed by atoms with Gasteiger partial charge in [-0.05, 0) is 36.8 Å². The highest BCUT2D eigenvalue weighted by molar-refractivity contribution is 5.95. The van der Waals surface area contributed by atoms with E-state index in [1.807, 2.05) is 36.4 Å². The lowest BCUT2D eigenvalue weighted by molar-refractivity contribution is 0.101. The van der Waals surface area contributed by atoms with Gasteiger partial charge in [0.25, 0.3) is 0 Å². The van der Waals surface area contributed by atoms with Crippen molar-refractivity contribution in [1.82, 2.24) is 0 Å². The van der Waals surface area contributed by atoms with E-state index >= 15 is 0 Å². The Bertz CT molecular complexity index is 718. The molecule has 0 fully saturated rings. The molecule has 0 bridgehead atoms. The molecule has 2 aromatic carbocycles. The molecule has 2 rings (SSSR count). The number of carbonyl (C=O) groups excluding carboxylic acids is 1. The number of anilines is 1. The lowest BCUT2D eigenvalue weighted by Gasteiger charge is -2.07. The fourth-order valence-electron chi connectivity index (χ4n) is 1.93. The average Bonchev–Trinajstić information content (AvgIpc) is 2.53. The first-order valence-electron chi connectivity index (χ1n) is 6.92. The first-order valence-corrected chi connectivity index (χ1v) is 6.92. The molecule has 2 aromatic rings. The highest BCUT2D eigenvalue weighted by Crippen LogP contribution is 2.13. The Morgan fingerprint density at radius 3 is 2.32 bits per heavy atom. The van der Waals surface area contributed by atoms with Gasteiger partial charge in [0.2, 0.25) is 0 Å². The van der Waals surface area contributed by atoms with Crippen LogP contribution in [-0.2, 0) is 0 Å². The molecule has 4 nitrogen and oxygen atoms in total. The third-order valence-electron chi connectivity index (χ3n) is 3.11. The Balaban J connectivity index is 2.10. The van der Waals surface area contributed by atoms with Gasteiger partial charge in [0.05, 0.1) is 0 Å². The van der Waals surface area contributed by atoms with Crippen molar-refractivity contribution in [3.63, 3.8) is 0 Å². The van der Waals surface area contributed by atoms with Crippen LogP contribution in [0.2, 0.25) is 0 Å². The fourth-order valence-corrected chi connectivity index (χ4v) is 1.93. The van der Waals surface area contributed by atoms with E-state index in [2.05, 4.69) is 5.32 Å². The molecule has 0 amide bonds. The van der Waals surface area contributed by atoms with Crippen molar-refractivity contribution < 1.29 is 4.79 Å². The summed E-state index contributed by atoms with van der Waals surface area (Å²) in [6.07, 6.45) is 3.44. The highest BCUT2D eigenvalue weighted by Gasteiger charge is 2.00. The van der Waals surface area contributed by atoms with Crippen LogP contribution in [0.3, 0.4) is 0 Å². The van der Waals surface area contributed by atoms with Crippen LogP contribution in [0, 0.1) is 0 Å². The van der Waals surface area contributed by atoms with E-state index in [0.717, 1.165) is 11.3 Å². The maximum atomic E-state index is 11.4. The number of rotatable bonds is 5. The van der Waals surface area contributed by atoms with Crippen LogP contribution in [0.5, 0.6) is 0 Å². The summed E-state index contributed by atoms with van der Waals surface area (Å²) in [4.78, 5) is 11.4. The van der Waals surface area contributed by atoms with Gasteiger partial charge in [0.1, 0.15) is 5.82 Å². The van der Waals surface area contributed by atoms with Crippen molar-refractivity contribution >= 4 is 17.2 Å². The molecule has 0 saturated carbocycles. The minimum atomic E-state index is 0.0134. The van der Waals surface area contributed by atoms with E-state index in [1.165, 1.54) is 6.92 Å². The minimum absolute atomic E-state index is 0.0134. The summed E-state index contributed by atoms with van der Waals surface area (Å²) in [5, 5.41) is 3.03. The first kappa shape index (κ1) is 15.4. The zero-order valence-corrected chi connectivity index (χ0v) is 12.4. The molecular formula is C18H19N3O. The van der Waals surface area contributed by atoms with Gasteiger partial charge in [0.15, 0.2) is 5.78 Å². The van der Waals surface area contributed by atoms with E-state index in [1.54, 1.807) is 30.4 Å². The molecule has 0 unspecified atom stereocenters. The first-order chi connectivity index (χ1) is 10.6. The summed E-state index contributed by atoms with van der Waals surface area (Å²) in [5.74, 6) is 0.457. The Morgan fingerprint density at radius 2 is 1.64 bits per heavy atom. The molecule has 0 saturated heterocycles. The molecule has 112 valence electrons. The molecule has 5 N–H and O–H groups in total. The molecule has 0 aromatic heterocycles. The van der Waals surface area contributed by atoms with Crippen molar-refractivity contribution in [3.05, 3.63) is 83.7 Å². The minimum Gasteiger partial charge on any atom is -0.398 e. The molecule has 0 atom stereocenters. The number of ketones is 1. The molecule has 4 heteroatoms. The topological polar surface area (TPSA) is 81.1 Å². The Morgan fingerprint density at radius 1 is 0.955 bits per heavy atom. The second kappa shape index (κ2) is 7.13. The summed E-state index contributed by atoms with van der Waals surface area (Å²) in [7, 11) is 0. The van der Waals surface area contributed by atoms with Gasteiger partial charge in [-0.25, -0.2) is 0 Å². The molecule has 0 spiro atoms. The van der Waals surface area contributed by atoms with Gasteiger partial charge in [-0.3, -0.25) is 4.79 Å². The summed E-state index contributed by atoms with van der Waals surface area (Å²) in [6.45, 7) is 1.53. The zero-order valence-electron chi connectivity index (χ0n) is 12.4. The maximum Gasteiger partial charge on any atom is 0.159 e. The number of benzene rings is 2. The third-order valence-corrected chi connectivity index (χ3v) is 3.11. The van der Waals surface area contributed by atoms with Crippen molar-refractivity contribution in [2.45, 2.75) is 6.92 Å². The number of hydrogen-bond acceptors (Lipinski definition) is 4. The average molecular weight is 293 g/mol.